The second-order valence-electron chi connectivity index (χ2n) is 1.66. The minimum absolute atomic E-state index is 0.0266. The van der Waals surface area contributed by atoms with Crippen molar-refractivity contribution in [1.29, 1.82) is 5.26 Å². The molecular weight excluding hydrogens is 151 g/mol. The van der Waals surface area contributed by atoms with Crippen molar-refractivity contribution in [2.75, 3.05) is 0 Å². The van der Waals surface area contributed by atoms with Crippen LogP contribution in [0.25, 0.3) is 0 Å². The van der Waals surface area contributed by atoms with Crippen molar-refractivity contribution >= 4 is 12.2 Å². The van der Waals surface area contributed by atoms with Crippen LogP contribution < -0.4 is 0 Å². The number of rotatable bonds is 0. The van der Waals surface area contributed by atoms with E-state index in [2.05, 4.69) is 17.2 Å². The molecular formula is C6H3FN2S. The Hall–Kier alpha value is -1.21. The molecule has 0 saturated carbocycles. The first-order valence-electron chi connectivity index (χ1n) is 2.52. The van der Waals surface area contributed by atoms with Gasteiger partial charge >= 0.3 is 0 Å². The zero-order valence-corrected chi connectivity index (χ0v) is 5.70. The zero-order valence-electron chi connectivity index (χ0n) is 4.89. The van der Waals surface area contributed by atoms with Gasteiger partial charge in [-0.3, -0.25) is 0 Å². The van der Waals surface area contributed by atoms with Crippen molar-refractivity contribution in [3.05, 3.63) is 28.3 Å². The van der Waals surface area contributed by atoms with Gasteiger partial charge in [0.2, 0.25) is 0 Å². The molecule has 0 aliphatic rings. The van der Waals surface area contributed by atoms with Crippen molar-refractivity contribution in [3.8, 4) is 6.07 Å². The number of pyridine rings is 1. The van der Waals surface area contributed by atoms with Crippen LogP contribution in [-0.2, 0) is 0 Å². The lowest BCUT2D eigenvalue weighted by Gasteiger charge is -1.88. The lowest BCUT2D eigenvalue weighted by atomic mass is 10.3. The molecule has 0 atom stereocenters. The molecule has 10 heavy (non-hydrogen) atoms. The third kappa shape index (κ3) is 1.04. The van der Waals surface area contributed by atoms with Crippen molar-refractivity contribution < 1.29 is 4.39 Å². The van der Waals surface area contributed by atoms with Gasteiger partial charge in [0.05, 0.1) is 10.1 Å². The second kappa shape index (κ2) is 2.58. The lowest BCUT2D eigenvalue weighted by Crippen LogP contribution is -1.83. The van der Waals surface area contributed by atoms with Gasteiger partial charge in [-0.1, -0.05) is 12.2 Å². The highest BCUT2D eigenvalue weighted by atomic mass is 32.1. The van der Waals surface area contributed by atoms with E-state index in [1.807, 2.05) is 0 Å². The number of nitriles is 1. The molecule has 0 amide bonds. The summed E-state index contributed by atoms with van der Waals surface area (Å²) in [6, 6.07) is 1.76. The predicted octanol–water partition coefficient (Wildman–Crippen LogP) is 1.75. The average molecular weight is 154 g/mol. The Bertz CT molecular complexity index is 336. The van der Waals surface area contributed by atoms with E-state index < -0.39 is 5.82 Å². The molecule has 0 spiro atoms. The molecule has 4 heteroatoms. The number of aromatic amines is 1. The van der Waals surface area contributed by atoms with Gasteiger partial charge in [0.15, 0.2) is 5.82 Å². The maximum atomic E-state index is 12.5. The summed E-state index contributed by atoms with van der Waals surface area (Å²) in [7, 11) is 0. The van der Waals surface area contributed by atoms with E-state index in [1.165, 1.54) is 6.20 Å². The summed E-state index contributed by atoms with van der Waals surface area (Å²) in [4.78, 5) is 2.46. The fourth-order valence-corrected chi connectivity index (χ4v) is 0.704. The van der Waals surface area contributed by atoms with Crippen LogP contribution >= 0.6 is 12.2 Å². The van der Waals surface area contributed by atoms with Gasteiger partial charge in [0.25, 0.3) is 0 Å². The standard InChI is InChI=1S/C6H3FN2S/c7-5-3-9-2-4(1-8)6(5)10/h2-3H,(H,9,10). The van der Waals surface area contributed by atoms with Gasteiger partial charge < -0.3 is 4.98 Å². The van der Waals surface area contributed by atoms with E-state index in [0.29, 0.717) is 0 Å². The Kier molecular flexibility index (Phi) is 1.78. The molecule has 0 aliphatic carbocycles. The summed E-state index contributed by atoms with van der Waals surface area (Å²) in [5.74, 6) is -0.561. The molecule has 0 aromatic carbocycles. The molecule has 1 N–H and O–H groups in total. The molecule has 1 aromatic rings. The van der Waals surface area contributed by atoms with E-state index in [-0.39, 0.29) is 10.1 Å². The third-order valence-electron chi connectivity index (χ3n) is 1.02. The fourth-order valence-electron chi connectivity index (χ4n) is 0.541. The van der Waals surface area contributed by atoms with Crippen LogP contribution in [0, 0.1) is 21.7 Å². The van der Waals surface area contributed by atoms with E-state index >= 15 is 0 Å². The summed E-state index contributed by atoms with van der Waals surface area (Å²) >= 11 is 4.57. The zero-order chi connectivity index (χ0) is 7.56. The number of nitrogens with one attached hydrogen (secondary N) is 1. The van der Waals surface area contributed by atoms with Crippen LogP contribution in [0.2, 0.25) is 0 Å². The molecule has 0 radical (unpaired) electrons. The highest BCUT2D eigenvalue weighted by Gasteiger charge is 1.97. The minimum Gasteiger partial charge on any atom is -0.364 e. The number of hydrogen-bond donors (Lipinski definition) is 1. The molecule has 0 bridgehead atoms. The topological polar surface area (TPSA) is 39.6 Å². The van der Waals surface area contributed by atoms with Gasteiger partial charge in [-0.05, 0) is 0 Å². The van der Waals surface area contributed by atoms with Crippen molar-refractivity contribution in [2.45, 2.75) is 0 Å². The third-order valence-corrected chi connectivity index (χ3v) is 1.43. The monoisotopic (exact) mass is 154 g/mol. The summed E-state index contributed by atoms with van der Waals surface area (Å²) in [6.45, 7) is 0. The smallest absolute Gasteiger partial charge is 0.158 e. The summed E-state index contributed by atoms with van der Waals surface area (Å²) in [5.41, 5.74) is 0.162. The highest BCUT2D eigenvalue weighted by molar-refractivity contribution is 7.71. The Morgan fingerprint density at radius 1 is 1.60 bits per heavy atom. The molecule has 1 aromatic heterocycles. The van der Waals surface area contributed by atoms with Crippen LogP contribution in [0.1, 0.15) is 5.56 Å². The number of halogens is 1. The minimum atomic E-state index is -0.561. The second-order valence-corrected chi connectivity index (χ2v) is 2.07. The number of nitrogens with zero attached hydrogens (tertiary/aromatic N) is 1. The summed E-state index contributed by atoms with van der Waals surface area (Å²) in [6.07, 6.45) is 2.48. The van der Waals surface area contributed by atoms with Crippen molar-refractivity contribution in [3.63, 3.8) is 0 Å². The molecule has 50 valence electrons. The normalized spacial score (nSPS) is 8.80. The van der Waals surface area contributed by atoms with E-state index in [1.54, 1.807) is 6.07 Å². The van der Waals surface area contributed by atoms with Gasteiger partial charge in [0, 0.05) is 12.4 Å². The molecule has 0 saturated heterocycles. The van der Waals surface area contributed by atoms with Crippen LogP contribution in [0.15, 0.2) is 12.4 Å². The van der Waals surface area contributed by atoms with E-state index in [4.69, 9.17) is 5.26 Å². The first-order chi connectivity index (χ1) is 4.75. The van der Waals surface area contributed by atoms with Gasteiger partial charge in [-0.2, -0.15) is 5.26 Å². The van der Waals surface area contributed by atoms with Gasteiger partial charge in [-0.25, -0.2) is 4.39 Å². The average Bonchev–Trinajstić information content (AvgIpc) is 1.95. The van der Waals surface area contributed by atoms with Crippen LogP contribution in [0.4, 0.5) is 4.39 Å². The number of hydrogen-bond acceptors (Lipinski definition) is 2. The Balaban J connectivity index is 3.47. The van der Waals surface area contributed by atoms with E-state index in [0.717, 1.165) is 6.20 Å². The van der Waals surface area contributed by atoms with Crippen LogP contribution in [-0.4, -0.2) is 4.98 Å². The Labute approximate surface area is 61.9 Å². The molecule has 2 nitrogen and oxygen atoms in total. The first kappa shape index (κ1) is 6.90. The SMILES string of the molecule is N#Cc1c[nH]cc(F)c1=S. The van der Waals surface area contributed by atoms with Gasteiger partial charge in [0.1, 0.15) is 6.07 Å². The molecule has 0 aliphatic heterocycles. The number of aromatic nitrogens is 1. The van der Waals surface area contributed by atoms with Crippen molar-refractivity contribution in [2.24, 2.45) is 0 Å². The largest absolute Gasteiger partial charge is 0.364 e. The van der Waals surface area contributed by atoms with Gasteiger partial charge in [-0.15, -0.1) is 0 Å². The van der Waals surface area contributed by atoms with E-state index in [9.17, 15) is 4.39 Å². The molecule has 0 unspecified atom stereocenters. The predicted molar refractivity (Wildman–Crippen MR) is 36.3 cm³/mol. The molecule has 1 heterocycles. The quantitative estimate of drug-likeness (QED) is 0.578. The van der Waals surface area contributed by atoms with Crippen LogP contribution in [0.5, 0.6) is 0 Å². The maximum Gasteiger partial charge on any atom is 0.158 e. The Morgan fingerprint density at radius 3 is 2.80 bits per heavy atom. The number of H-pyrrole nitrogens is 1. The molecule has 0 fully saturated rings. The summed E-state index contributed by atoms with van der Waals surface area (Å²) < 4.78 is 12.5. The maximum absolute atomic E-state index is 12.5. The molecule has 1 rings (SSSR count). The van der Waals surface area contributed by atoms with Crippen molar-refractivity contribution in [1.82, 2.24) is 4.98 Å². The van der Waals surface area contributed by atoms with Crippen LogP contribution in [0.3, 0.4) is 0 Å². The fraction of sp³-hybridized carbons (Fsp3) is 0. The lowest BCUT2D eigenvalue weighted by molar-refractivity contribution is 0.616. The first-order valence-corrected chi connectivity index (χ1v) is 2.93. The Morgan fingerprint density at radius 2 is 2.30 bits per heavy atom. The highest BCUT2D eigenvalue weighted by Crippen LogP contribution is 2.02. The summed E-state index contributed by atoms with van der Waals surface area (Å²) in [5, 5.41) is 8.34.